The number of aromatic nitrogens is 1. The molecule has 122 valence electrons. The molecule has 24 heavy (non-hydrogen) atoms. The Morgan fingerprint density at radius 3 is 1.96 bits per heavy atom. The molecule has 2 rings (SSSR count). The highest BCUT2D eigenvalue weighted by Gasteiger charge is 2.27. The van der Waals surface area contributed by atoms with Gasteiger partial charge in [-0.1, -0.05) is 32.9 Å². The zero-order chi connectivity index (χ0) is 18.1. The quantitative estimate of drug-likeness (QED) is 0.783. The minimum atomic E-state index is -1.11. The van der Waals surface area contributed by atoms with Gasteiger partial charge >= 0.3 is 0 Å². The number of nitriles is 2. The molecule has 1 heterocycles. The molecule has 0 spiro atoms. The fourth-order valence-electron chi connectivity index (χ4n) is 2.75. The van der Waals surface area contributed by atoms with E-state index < -0.39 is 5.41 Å². The third-order valence-electron chi connectivity index (χ3n) is 4.53. The molecule has 0 amide bonds. The van der Waals surface area contributed by atoms with E-state index in [1.807, 2.05) is 32.2 Å². The zero-order valence-electron chi connectivity index (χ0n) is 15.3. The predicted molar refractivity (Wildman–Crippen MR) is 95.1 cm³/mol. The average molecular weight is 318 g/mol. The monoisotopic (exact) mass is 318 g/mol. The summed E-state index contributed by atoms with van der Waals surface area (Å²) in [4.78, 5) is 0. The van der Waals surface area contributed by atoms with Crippen LogP contribution in [0.25, 0.3) is 11.3 Å². The van der Waals surface area contributed by atoms with Crippen LogP contribution in [0.5, 0.6) is 0 Å². The number of benzene rings is 1. The first-order chi connectivity index (χ1) is 11.1. The van der Waals surface area contributed by atoms with Gasteiger partial charge in [0.2, 0.25) is 5.69 Å². The summed E-state index contributed by atoms with van der Waals surface area (Å²) in [6.45, 7) is 10.3. The second kappa shape index (κ2) is 6.10. The highest BCUT2D eigenvalue weighted by Crippen LogP contribution is 2.29. The van der Waals surface area contributed by atoms with Crippen LogP contribution in [0.15, 0.2) is 36.5 Å². The van der Waals surface area contributed by atoms with E-state index in [1.54, 1.807) is 6.92 Å². The molecule has 0 saturated heterocycles. The normalized spacial score (nSPS) is 11.7. The molecule has 0 bridgehead atoms. The molecule has 0 saturated carbocycles. The largest absolute Gasteiger partial charge is 0.212 e. The topological polar surface area (TPSA) is 51.5 Å². The van der Waals surface area contributed by atoms with Gasteiger partial charge in [-0.15, -0.1) is 0 Å². The van der Waals surface area contributed by atoms with Crippen LogP contribution < -0.4 is 4.57 Å². The van der Waals surface area contributed by atoms with Crippen LogP contribution in [0.2, 0.25) is 0 Å². The Hall–Kier alpha value is -2.65. The van der Waals surface area contributed by atoms with Crippen LogP contribution in [0.3, 0.4) is 0 Å². The van der Waals surface area contributed by atoms with E-state index in [-0.39, 0.29) is 5.41 Å². The highest BCUT2D eigenvalue weighted by atomic mass is 14.9. The van der Waals surface area contributed by atoms with E-state index >= 15 is 0 Å². The van der Waals surface area contributed by atoms with Crippen LogP contribution in [0.4, 0.5) is 0 Å². The molecule has 0 aliphatic carbocycles. The summed E-state index contributed by atoms with van der Waals surface area (Å²) in [6, 6.07) is 14.3. The Labute approximate surface area is 144 Å². The number of rotatable bonds is 2. The molecule has 0 aliphatic rings. The van der Waals surface area contributed by atoms with E-state index in [2.05, 4.69) is 55.8 Å². The van der Waals surface area contributed by atoms with Gasteiger partial charge in [0.05, 0.1) is 12.1 Å². The molecule has 0 fully saturated rings. The van der Waals surface area contributed by atoms with Crippen LogP contribution >= 0.6 is 0 Å². The average Bonchev–Trinajstić information content (AvgIpc) is 2.53. The number of hydrogen-bond acceptors (Lipinski definition) is 2. The van der Waals surface area contributed by atoms with E-state index in [4.69, 9.17) is 0 Å². The fraction of sp³-hybridized carbons (Fsp3) is 0.381. The van der Waals surface area contributed by atoms with Crippen molar-refractivity contribution in [2.75, 3.05) is 0 Å². The number of nitrogens with zero attached hydrogens (tertiary/aromatic N) is 3. The van der Waals surface area contributed by atoms with Crippen LogP contribution in [0.1, 0.15) is 44.4 Å². The van der Waals surface area contributed by atoms with Gasteiger partial charge < -0.3 is 0 Å². The van der Waals surface area contributed by atoms with E-state index in [0.29, 0.717) is 0 Å². The van der Waals surface area contributed by atoms with Crippen molar-refractivity contribution in [2.45, 2.75) is 45.4 Å². The maximum Gasteiger partial charge on any atom is 0.212 e. The summed E-state index contributed by atoms with van der Waals surface area (Å²) in [5.41, 5.74) is 4.30. The minimum Gasteiger partial charge on any atom is -0.201 e. The molecule has 0 unspecified atom stereocenters. The maximum atomic E-state index is 9.29. The van der Waals surface area contributed by atoms with Gasteiger partial charge in [-0.25, -0.2) is 4.57 Å². The van der Waals surface area contributed by atoms with Crippen molar-refractivity contribution in [2.24, 2.45) is 7.05 Å². The van der Waals surface area contributed by atoms with Gasteiger partial charge in [0.1, 0.15) is 7.05 Å². The summed E-state index contributed by atoms with van der Waals surface area (Å²) in [6.07, 6.45) is 2.16. The molecule has 0 aliphatic heterocycles. The number of hydrogen-bond donors (Lipinski definition) is 0. The smallest absolute Gasteiger partial charge is 0.201 e. The first kappa shape index (κ1) is 17.7. The molecular weight excluding hydrogens is 294 g/mol. The summed E-state index contributed by atoms with van der Waals surface area (Å²) in [5, 5.41) is 18.6. The summed E-state index contributed by atoms with van der Waals surface area (Å²) >= 11 is 0. The van der Waals surface area contributed by atoms with Gasteiger partial charge in [0.15, 0.2) is 11.6 Å². The fourth-order valence-corrected chi connectivity index (χ4v) is 2.75. The van der Waals surface area contributed by atoms with Gasteiger partial charge in [-0.3, -0.25) is 0 Å². The van der Waals surface area contributed by atoms with Crippen LogP contribution in [0, 0.1) is 29.6 Å². The molecule has 1 aromatic heterocycles. The lowest BCUT2D eigenvalue weighted by atomic mass is 9.83. The number of aryl methyl sites for hydroxylation is 2. The summed E-state index contributed by atoms with van der Waals surface area (Å²) in [5.74, 6) is 0. The summed E-state index contributed by atoms with van der Waals surface area (Å²) in [7, 11) is 2.05. The lowest BCUT2D eigenvalue weighted by Gasteiger charge is -2.18. The SMILES string of the molecule is Cc1cc(C(C)(C#N)C#N)ccc1-c1ccc(C(C)(C)C)c[n+]1C. The van der Waals surface area contributed by atoms with Crippen molar-refractivity contribution in [1.82, 2.24) is 0 Å². The lowest BCUT2D eigenvalue weighted by Crippen LogP contribution is -2.33. The summed E-state index contributed by atoms with van der Waals surface area (Å²) < 4.78 is 2.14. The van der Waals surface area contributed by atoms with Crippen LogP contribution in [-0.4, -0.2) is 0 Å². The second-order valence-corrected chi connectivity index (χ2v) is 7.54. The highest BCUT2D eigenvalue weighted by molar-refractivity contribution is 5.63. The Balaban J connectivity index is 2.53. The molecule has 0 atom stereocenters. The van der Waals surface area contributed by atoms with E-state index in [9.17, 15) is 10.5 Å². The minimum absolute atomic E-state index is 0.108. The Bertz CT molecular complexity index is 844. The molecule has 0 N–H and O–H groups in total. The molecule has 2 aromatic rings. The Kier molecular flexibility index (Phi) is 4.50. The van der Waals surface area contributed by atoms with Gasteiger partial charge in [-0.2, -0.15) is 10.5 Å². The first-order valence-corrected chi connectivity index (χ1v) is 8.06. The van der Waals surface area contributed by atoms with Gasteiger partial charge in [0.25, 0.3) is 0 Å². The van der Waals surface area contributed by atoms with E-state index in [0.717, 1.165) is 22.4 Å². The second-order valence-electron chi connectivity index (χ2n) is 7.54. The lowest BCUT2D eigenvalue weighted by molar-refractivity contribution is -0.661. The number of pyridine rings is 1. The van der Waals surface area contributed by atoms with Crippen LogP contribution in [-0.2, 0) is 17.9 Å². The third kappa shape index (κ3) is 3.17. The van der Waals surface area contributed by atoms with Crippen molar-refractivity contribution in [3.05, 3.63) is 53.2 Å². The maximum absolute atomic E-state index is 9.29. The molecule has 1 aromatic carbocycles. The third-order valence-corrected chi connectivity index (χ3v) is 4.53. The van der Waals surface area contributed by atoms with Gasteiger partial charge in [-0.05, 0) is 42.5 Å². The Morgan fingerprint density at radius 2 is 1.50 bits per heavy atom. The van der Waals surface area contributed by atoms with Crippen molar-refractivity contribution < 1.29 is 4.57 Å². The predicted octanol–water partition coefficient (Wildman–Crippen LogP) is 4.09. The van der Waals surface area contributed by atoms with Crippen molar-refractivity contribution in [1.29, 1.82) is 10.5 Å². The van der Waals surface area contributed by atoms with E-state index in [1.165, 1.54) is 5.56 Å². The Morgan fingerprint density at radius 1 is 0.917 bits per heavy atom. The standard InChI is InChI=1S/C21H24N3/c1-15-11-16(21(5,13-22)14-23)7-9-18(15)19-10-8-17(12-24(19)6)20(2,3)4/h7-12H,1-6H3/q+1. The molecular formula is C21H24N3+. The molecule has 3 heteroatoms. The molecule has 3 nitrogen and oxygen atoms in total. The zero-order valence-corrected chi connectivity index (χ0v) is 15.3. The molecule has 0 radical (unpaired) electrons. The van der Waals surface area contributed by atoms with Crippen molar-refractivity contribution in [3.63, 3.8) is 0 Å². The van der Waals surface area contributed by atoms with Crippen molar-refractivity contribution >= 4 is 0 Å². The first-order valence-electron chi connectivity index (χ1n) is 8.06. The van der Waals surface area contributed by atoms with Gasteiger partial charge in [0, 0.05) is 17.2 Å². The van der Waals surface area contributed by atoms with Crippen molar-refractivity contribution in [3.8, 4) is 23.4 Å².